The van der Waals surface area contributed by atoms with Gasteiger partial charge in [-0.3, -0.25) is 0 Å². The summed E-state index contributed by atoms with van der Waals surface area (Å²) in [4.78, 5) is 0. The van der Waals surface area contributed by atoms with Crippen molar-refractivity contribution >= 4 is 10.8 Å². The predicted molar refractivity (Wildman–Crippen MR) is 99.3 cm³/mol. The molecule has 0 aromatic heterocycles. The molecular formula is C22H25F5O. The van der Waals surface area contributed by atoms with Gasteiger partial charge in [0.2, 0.25) is 0 Å². The maximum atomic E-state index is 14.6. The average molecular weight is 400 g/mol. The zero-order valence-corrected chi connectivity index (χ0v) is 15.9. The molecule has 1 fully saturated rings. The fraction of sp³-hybridized carbons (Fsp3) is 0.545. The second kappa shape index (κ2) is 9.10. The standard InChI is InChI=1S/C22H25F5O/c1-2-3-4-5-13-6-8-14(9-7-13)15-10-16-12-18(24)21(28-22(26)27)20(25)19(16)17(23)11-15/h10-14,22H,2-9H2,1H3. The Balaban J connectivity index is 1.81. The summed E-state index contributed by atoms with van der Waals surface area (Å²) in [6, 6.07) is 3.68. The number of hydrogen-bond donors (Lipinski definition) is 0. The third kappa shape index (κ3) is 4.58. The first kappa shape index (κ1) is 20.9. The minimum Gasteiger partial charge on any atom is -0.429 e. The maximum Gasteiger partial charge on any atom is 0.387 e. The van der Waals surface area contributed by atoms with Crippen molar-refractivity contribution in [1.29, 1.82) is 0 Å². The van der Waals surface area contributed by atoms with Crippen molar-refractivity contribution in [2.45, 2.75) is 70.8 Å². The summed E-state index contributed by atoms with van der Waals surface area (Å²) in [5.41, 5.74) is 0.707. The minimum absolute atomic E-state index is 0.0247. The lowest BCUT2D eigenvalue weighted by Gasteiger charge is -2.29. The van der Waals surface area contributed by atoms with Gasteiger partial charge >= 0.3 is 6.61 Å². The Bertz CT molecular complexity index is 812. The number of fused-ring (bicyclic) bond motifs is 1. The van der Waals surface area contributed by atoms with Gasteiger partial charge in [0.1, 0.15) is 5.82 Å². The van der Waals surface area contributed by atoms with Crippen LogP contribution in [0.25, 0.3) is 10.8 Å². The number of rotatable bonds is 7. The molecule has 0 radical (unpaired) electrons. The second-order valence-corrected chi connectivity index (χ2v) is 7.69. The summed E-state index contributed by atoms with van der Waals surface area (Å²) in [6.07, 6.45) is 8.86. The number of ether oxygens (including phenoxy) is 1. The first-order valence-corrected chi connectivity index (χ1v) is 9.96. The van der Waals surface area contributed by atoms with E-state index in [-0.39, 0.29) is 11.3 Å². The van der Waals surface area contributed by atoms with E-state index in [1.165, 1.54) is 31.7 Å². The Morgan fingerprint density at radius 3 is 2.32 bits per heavy atom. The molecule has 28 heavy (non-hydrogen) atoms. The van der Waals surface area contributed by atoms with Gasteiger partial charge in [-0.15, -0.1) is 0 Å². The Hall–Kier alpha value is -1.85. The number of unbranched alkanes of at least 4 members (excludes halogenated alkanes) is 2. The highest BCUT2D eigenvalue weighted by Crippen LogP contribution is 2.40. The summed E-state index contributed by atoms with van der Waals surface area (Å²) in [5, 5.41) is -0.495. The van der Waals surface area contributed by atoms with E-state index in [1.807, 2.05) is 0 Å². The molecule has 2 aromatic carbocycles. The minimum atomic E-state index is -3.39. The predicted octanol–water partition coefficient (Wildman–Crippen LogP) is 7.71. The Morgan fingerprint density at radius 1 is 0.964 bits per heavy atom. The number of alkyl halides is 2. The van der Waals surface area contributed by atoms with E-state index in [0.29, 0.717) is 11.5 Å². The molecular weight excluding hydrogens is 375 g/mol. The first-order chi connectivity index (χ1) is 13.4. The van der Waals surface area contributed by atoms with E-state index in [1.54, 1.807) is 6.07 Å². The lowest BCUT2D eigenvalue weighted by atomic mass is 9.76. The van der Waals surface area contributed by atoms with Crippen LogP contribution in [0.15, 0.2) is 18.2 Å². The molecule has 1 nitrogen and oxygen atoms in total. The molecule has 0 N–H and O–H groups in total. The van der Waals surface area contributed by atoms with E-state index in [4.69, 9.17) is 0 Å². The smallest absolute Gasteiger partial charge is 0.387 e. The largest absolute Gasteiger partial charge is 0.429 e. The summed E-state index contributed by atoms with van der Waals surface area (Å²) < 4.78 is 71.6. The van der Waals surface area contributed by atoms with Crippen LogP contribution in [0.1, 0.15) is 69.8 Å². The summed E-state index contributed by atoms with van der Waals surface area (Å²) in [6.45, 7) is -1.21. The Kier molecular flexibility index (Phi) is 6.78. The van der Waals surface area contributed by atoms with E-state index in [0.717, 1.165) is 31.7 Å². The molecule has 0 aliphatic heterocycles. The van der Waals surface area contributed by atoms with Gasteiger partial charge in [0.05, 0.1) is 5.39 Å². The highest BCUT2D eigenvalue weighted by Gasteiger charge is 2.25. The van der Waals surface area contributed by atoms with Gasteiger partial charge in [0, 0.05) is 0 Å². The zero-order chi connectivity index (χ0) is 20.3. The van der Waals surface area contributed by atoms with Crippen molar-refractivity contribution < 1.29 is 26.7 Å². The molecule has 2 aromatic rings. The lowest BCUT2D eigenvalue weighted by Crippen LogP contribution is -2.14. The van der Waals surface area contributed by atoms with Gasteiger partial charge in [0.25, 0.3) is 0 Å². The molecule has 0 bridgehead atoms. The van der Waals surface area contributed by atoms with Crippen molar-refractivity contribution in [3.63, 3.8) is 0 Å². The summed E-state index contributed by atoms with van der Waals surface area (Å²) in [5.74, 6) is -3.99. The quantitative estimate of drug-likeness (QED) is 0.342. The van der Waals surface area contributed by atoms with Crippen molar-refractivity contribution in [2.24, 2.45) is 5.92 Å². The maximum absolute atomic E-state index is 14.6. The molecule has 0 spiro atoms. The number of benzene rings is 2. The van der Waals surface area contributed by atoms with Crippen LogP contribution in [-0.2, 0) is 0 Å². The lowest BCUT2D eigenvalue weighted by molar-refractivity contribution is -0.0544. The molecule has 0 unspecified atom stereocenters. The normalized spacial score (nSPS) is 20.1. The first-order valence-electron chi connectivity index (χ1n) is 9.96. The highest BCUT2D eigenvalue weighted by molar-refractivity contribution is 5.86. The molecule has 0 atom stereocenters. The van der Waals surface area contributed by atoms with Gasteiger partial charge in [-0.1, -0.05) is 38.7 Å². The van der Waals surface area contributed by atoms with Crippen molar-refractivity contribution in [1.82, 2.24) is 0 Å². The van der Waals surface area contributed by atoms with E-state index in [2.05, 4.69) is 11.7 Å². The number of hydrogen-bond acceptors (Lipinski definition) is 1. The van der Waals surface area contributed by atoms with Gasteiger partial charge in [0.15, 0.2) is 17.4 Å². The second-order valence-electron chi connectivity index (χ2n) is 7.69. The van der Waals surface area contributed by atoms with Crippen LogP contribution < -0.4 is 4.74 Å². The SMILES string of the molecule is CCCCCC1CCC(c2cc(F)c3c(F)c(OC(F)F)c(F)cc3c2)CC1. The monoisotopic (exact) mass is 400 g/mol. The molecule has 1 aliphatic rings. The van der Waals surface area contributed by atoms with Crippen LogP contribution in [0.3, 0.4) is 0 Å². The molecule has 0 heterocycles. The molecule has 3 rings (SSSR count). The van der Waals surface area contributed by atoms with Crippen LogP contribution in [0.2, 0.25) is 0 Å². The van der Waals surface area contributed by atoms with Crippen molar-refractivity contribution in [2.75, 3.05) is 0 Å². The molecule has 0 saturated heterocycles. The molecule has 0 amide bonds. The third-order valence-electron chi connectivity index (χ3n) is 5.80. The molecule has 154 valence electrons. The van der Waals surface area contributed by atoms with Crippen LogP contribution in [0.4, 0.5) is 22.0 Å². The van der Waals surface area contributed by atoms with E-state index in [9.17, 15) is 22.0 Å². The van der Waals surface area contributed by atoms with E-state index < -0.39 is 35.2 Å². The van der Waals surface area contributed by atoms with Gasteiger partial charge in [-0.2, -0.15) is 8.78 Å². The molecule has 1 saturated carbocycles. The summed E-state index contributed by atoms with van der Waals surface area (Å²) >= 11 is 0. The van der Waals surface area contributed by atoms with Gasteiger partial charge in [-0.25, -0.2) is 13.2 Å². The van der Waals surface area contributed by atoms with Crippen molar-refractivity contribution in [3.8, 4) is 5.75 Å². The highest BCUT2D eigenvalue weighted by atomic mass is 19.3. The Labute approximate surface area is 161 Å². The fourth-order valence-electron chi connectivity index (χ4n) is 4.32. The average Bonchev–Trinajstić information content (AvgIpc) is 2.65. The Morgan fingerprint density at radius 2 is 1.68 bits per heavy atom. The number of halogens is 5. The zero-order valence-electron chi connectivity index (χ0n) is 15.9. The van der Waals surface area contributed by atoms with Crippen LogP contribution in [0.5, 0.6) is 5.75 Å². The third-order valence-corrected chi connectivity index (χ3v) is 5.80. The van der Waals surface area contributed by atoms with E-state index >= 15 is 0 Å². The fourth-order valence-corrected chi connectivity index (χ4v) is 4.32. The molecule has 6 heteroatoms. The van der Waals surface area contributed by atoms with Crippen LogP contribution in [-0.4, -0.2) is 6.61 Å². The van der Waals surface area contributed by atoms with Crippen molar-refractivity contribution in [3.05, 3.63) is 41.2 Å². The van der Waals surface area contributed by atoms with Crippen LogP contribution in [0, 0.1) is 23.4 Å². The summed E-state index contributed by atoms with van der Waals surface area (Å²) in [7, 11) is 0. The van der Waals surface area contributed by atoms with Gasteiger partial charge in [-0.05, 0) is 60.6 Å². The van der Waals surface area contributed by atoms with Gasteiger partial charge < -0.3 is 4.74 Å². The molecule has 1 aliphatic carbocycles. The topological polar surface area (TPSA) is 9.23 Å². The van der Waals surface area contributed by atoms with Crippen LogP contribution >= 0.6 is 0 Å².